The highest BCUT2D eigenvalue weighted by atomic mass is 35.5. The average Bonchev–Trinajstić information content (AvgIpc) is 3.20. The van der Waals surface area contributed by atoms with Crippen molar-refractivity contribution in [2.75, 3.05) is 0 Å². The molecule has 10 heteroatoms. The lowest BCUT2D eigenvalue weighted by atomic mass is 10.0. The molecule has 0 bridgehead atoms. The van der Waals surface area contributed by atoms with Gasteiger partial charge in [-0.05, 0) is 55.6 Å². The number of rotatable bonds is 5. The van der Waals surface area contributed by atoms with Gasteiger partial charge in [-0.15, -0.1) is 0 Å². The number of hydrogen-bond donors (Lipinski definition) is 1. The van der Waals surface area contributed by atoms with Crippen LogP contribution in [0.15, 0.2) is 50.9 Å². The van der Waals surface area contributed by atoms with Crippen molar-refractivity contribution in [3.05, 3.63) is 68.7 Å². The SMILES string of the molecule is Cc1cc(C(C)Oc2ccc(Cl)nc2SN)c2oc(-c3cnn(C)c3)c(C#N)c(=O)c2c1. The fraction of sp³-hybridized carbons (Fsp3) is 0.182. The second-order valence-corrected chi connectivity index (χ2v) is 8.21. The minimum absolute atomic E-state index is 0.0701. The molecular weight excluding hydrogens is 450 g/mol. The third-order valence-corrected chi connectivity index (χ3v) is 5.61. The summed E-state index contributed by atoms with van der Waals surface area (Å²) in [4.78, 5) is 17.4. The summed E-state index contributed by atoms with van der Waals surface area (Å²) in [6, 6.07) is 8.86. The molecule has 1 aromatic carbocycles. The van der Waals surface area contributed by atoms with Gasteiger partial charge in [0.05, 0.1) is 17.1 Å². The summed E-state index contributed by atoms with van der Waals surface area (Å²) in [5.74, 6) is 0.620. The normalized spacial score (nSPS) is 12.0. The second-order valence-electron chi connectivity index (χ2n) is 7.20. The first kappa shape index (κ1) is 21.9. The Bertz CT molecular complexity index is 1440. The lowest BCUT2D eigenvalue weighted by molar-refractivity contribution is 0.219. The topological polar surface area (TPSA) is 120 Å². The first-order valence-corrected chi connectivity index (χ1v) is 10.8. The van der Waals surface area contributed by atoms with E-state index in [2.05, 4.69) is 10.1 Å². The maximum atomic E-state index is 13.2. The Kier molecular flexibility index (Phi) is 5.93. The van der Waals surface area contributed by atoms with E-state index in [0.29, 0.717) is 38.0 Å². The molecule has 0 aliphatic rings. The molecule has 4 aromatic rings. The summed E-state index contributed by atoms with van der Waals surface area (Å²) in [6.07, 6.45) is 2.70. The van der Waals surface area contributed by atoms with Crippen LogP contribution in [0.2, 0.25) is 5.15 Å². The zero-order valence-corrected chi connectivity index (χ0v) is 19.0. The lowest BCUT2D eigenvalue weighted by Gasteiger charge is -2.19. The van der Waals surface area contributed by atoms with E-state index < -0.39 is 11.5 Å². The molecule has 0 aliphatic carbocycles. The molecule has 8 nitrogen and oxygen atoms in total. The van der Waals surface area contributed by atoms with Crippen molar-refractivity contribution in [2.45, 2.75) is 25.0 Å². The van der Waals surface area contributed by atoms with Crippen molar-refractivity contribution < 1.29 is 9.15 Å². The fourth-order valence-corrected chi connectivity index (χ4v) is 4.03. The Balaban J connectivity index is 1.91. The van der Waals surface area contributed by atoms with Crippen LogP contribution in [0.3, 0.4) is 0 Å². The van der Waals surface area contributed by atoms with Crippen LogP contribution in [0.4, 0.5) is 0 Å². The molecular formula is C22H18ClN5O3S. The molecule has 0 saturated heterocycles. The van der Waals surface area contributed by atoms with E-state index in [4.69, 9.17) is 25.9 Å². The van der Waals surface area contributed by atoms with Crippen LogP contribution in [0.1, 0.15) is 29.7 Å². The van der Waals surface area contributed by atoms with Crippen molar-refractivity contribution >= 4 is 34.5 Å². The number of aryl methyl sites for hydroxylation is 2. The van der Waals surface area contributed by atoms with Gasteiger partial charge in [0.25, 0.3) is 0 Å². The number of aromatic nitrogens is 3. The first-order valence-electron chi connectivity index (χ1n) is 9.52. The first-order chi connectivity index (χ1) is 15.3. The zero-order valence-electron chi connectivity index (χ0n) is 17.4. The van der Waals surface area contributed by atoms with Gasteiger partial charge < -0.3 is 9.15 Å². The van der Waals surface area contributed by atoms with E-state index in [0.717, 1.165) is 17.5 Å². The van der Waals surface area contributed by atoms with Gasteiger partial charge in [0.1, 0.15) is 28.5 Å². The number of halogens is 1. The van der Waals surface area contributed by atoms with Crippen LogP contribution >= 0.6 is 23.5 Å². The van der Waals surface area contributed by atoms with Crippen LogP contribution in [-0.4, -0.2) is 14.8 Å². The minimum Gasteiger partial charge on any atom is -0.483 e. The van der Waals surface area contributed by atoms with Crippen molar-refractivity contribution in [2.24, 2.45) is 12.2 Å². The summed E-state index contributed by atoms with van der Waals surface area (Å²) in [6.45, 7) is 3.69. The van der Waals surface area contributed by atoms with Gasteiger partial charge in [-0.25, -0.2) is 4.98 Å². The number of benzene rings is 1. The predicted molar refractivity (Wildman–Crippen MR) is 122 cm³/mol. The van der Waals surface area contributed by atoms with Crippen molar-refractivity contribution in [1.29, 1.82) is 5.26 Å². The highest BCUT2D eigenvalue weighted by molar-refractivity contribution is 7.97. The molecule has 0 aliphatic heterocycles. The van der Waals surface area contributed by atoms with E-state index in [1.807, 2.05) is 26.0 Å². The van der Waals surface area contributed by atoms with Gasteiger partial charge in [-0.3, -0.25) is 14.6 Å². The zero-order chi connectivity index (χ0) is 23.0. The largest absolute Gasteiger partial charge is 0.483 e. The van der Waals surface area contributed by atoms with Crippen molar-refractivity contribution in [1.82, 2.24) is 14.8 Å². The standard InChI is InChI=1S/C22H18ClN5O3S/c1-11-6-14(12(2)30-17-4-5-18(23)27-22(17)32-25)21-15(7-11)19(29)16(8-24)20(31-21)13-9-26-28(3)10-13/h4-7,9-10,12H,25H2,1-3H3. The van der Waals surface area contributed by atoms with Crippen LogP contribution < -0.4 is 15.3 Å². The number of ether oxygens (including phenoxy) is 1. The molecule has 1 atom stereocenters. The molecule has 3 aromatic heterocycles. The number of fused-ring (bicyclic) bond motifs is 1. The number of hydrogen-bond acceptors (Lipinski definition) is 8. The molecule has 1 unspecified atom stereocenters. The maximum absolute atomic E-state index is 13.2. The molecule has 162 valence electrons. The Morgan fingerprint density at radius 1 is 1.38 bits per heavy atom. The highest BCUT2D eigenvalue weighted by Gasteiger charge is 2.22. The Hall–Kier alpha value is -3.32. The Labute approximate surface area is 192 Å². The molecule has 32 heavy (non-hydrogen) atoms. The monoisotopic (exact) mass is 467 g/mol. The summed E-state index contributed by atoms with van der Waals surface area (Å²) >= 11 is 6.88. The van der Waals surface area contributed by atoms with Crippen LogP contribution in [-0.2, 0) is 7.05 Å². The van der Waals surface area contributed by atoms with E-state index in [1.54, 1.807) is 42.3 Å². The van der Waals surface area contributed by atoms with Crippen LogP contribution in [0.5, 0.6) is 5.75 Å². The van der Waals surface area contributed by atoms with Crippen molar-refractivity contribution in [3.8, 4) is 23.1 Å². The average molecular weight is 468 g/mol. The summed E-state index contributed by atoms with van der Waals surface area (Å²) in [5.41, 5.74) is 1.88. The van der Waals surface area contributed by atoms with Gasteiger partial charge in [0, 0.05) is 18.8 Å². The van der Waals surface area contributed by atoms with Gasteiger partial charge in [-0.2, -0.15) is 10.4 Å². The fourth-order valence-electron chi connectivity index (χ4n) is 3.45. The third kappa shape index (κ3) is 3.96. The Morgan fingerprint density at radius 3 is 2.81 bits per heavy atom. The van der Waals surface area contributed by atoms with Gasteiger partial charge in [0.2, 0.25) is 5.43 Å². The van der Waals surface area contributed by atoms with E-state index >= 15 is 0 Å². The molecule has 0 radical (unpaired) electrons. The van der Waals surface area contributed by atoms with Gasteiger partial charge in [-0.1, -0.05) is 11.6 Å². The molecule has 0 spiro atoms. The summed E-state index contributed by atoms with van der Waals surface area (Å²) in [7, 11) is 1.74. The molecule has 0 fully saturated rings. The molecule has 3 heterocycles. The Morgan fingerprint density at radius 2 is 2.16 bits per heavy atom. The predicted octanol–water partition coefficient (Wildman–Crippen LogP) is 4.53. The highest BCUT2D eigenvalue weighted by Crippen LogP contribution is 2.34. The number of nitrogens with two attached hydrogens (primary N) is 1. The van der Waals surface area contributed by atoms with E-state index in [-0.39, 0.29) is 11.3 Å². The molecule has 0 amide bonds. The summed E-state index contributed by atoms with van der Waals surface area (Å²) in [5, 5.41) is 20.5. The second kappa shape index (κ2) is 8.67. The lowest BCUT2D eigenvalue weighted by Crippen LogP contribution is -2.12. The number of nitrogens with zero attached hydrogens (tertiary/aromatic N) is 4. The molecule has 4 rings (SSSR count). The maximum Gasteiger partial charge on any atom is 0.211 e. The quantitative estimate of drug-likeness (QED) is 0.335. The van der Waals surface area contributed by atoms with Crippen molar-refractivity contribution in [3.63, 3.8) is 0 Å². The van der Waals surface area contributed by atoms with E-state index in [9.17, 15) is 10.1 Å². The minimum atomic E-state index is -0.524. The van der Waals surface area contributed by atoms with E-state index in [1.165, 1.54) is 0 Å². The van der Waals surface area contributed by atoms with Gasteiger partial charge in [0.15, 0.2) is 16.5 Å². The van der Waals surface area contributed by atoms with Crippen LogP contribution in [0.25, 0.3) is 22.3 Å². The van der Waals surface area contributed by atoms with Crippen LogP contribution in [0, 0.1) is 18.3 Å². The summed E-state index contributed by atoms with van der Waals surface area (Å²) < 4.78 is 13.9. The molecule has 2 N–H and O–H groups in total. The number of nitriles is 1. The molecule has 0 saturated carbocycles. The number of pyridine rings is 1. The smallest absolute Gasteiger partial charge is 0.211 e. The van der Waals surface area contributed by atoms with Gasteiger partial charge >= 0.3 is 0 Å². The third-order valence-electron chi connectivity index (χ3n) is 4.89.